The highest BCUT2D eigenvalue weighted by Gasteiger charge is 2.38. The van der Waals surface area contributed by atoms with Gasteiger partial charge in [-0.2, -0.15) is 0 Å². The first-order valence-electron chi connectivity index (χ1n) is 8.99. The van der Waals surface area contributed by atoms with Gasteiger partial charge in [-0.15, -0.1) is 0 Å². The van der Waals surface area contributed by atoms with E-state index in [1.54, 1.807) is 22.2 Å². The fraction of sp³-hybridized carbons (Fsp3) is 0.300. The smallest absolute Gasteiger partial charge is 0.229 e. The number of hydrogen-bond donors (Lipinski definition) is 0. The van der Waals surface area contributed by atoms with E-state index in [0.29, 0.717) is 24.8 Å². The lowest BCUT2D eigenvalue weighted by Gasteiger charge is -2.24. The number of amides is 2. The number of anilines is 1. The van der Waals surface area contributed by atoms with Gasteiger partial charge in [-0.25, -0.2) is 4.98 Å². The number of carbonyl (C=O) groups excluding carboxylic acids is 2. The van der Waals surface area contributed by atoms with Gasteiger partial charge in [0.2, 0.25) is 11.8 Å². The lowest BCUT2D eigenvalue weighted by molar-refractivity contribution is -0.136. The Morgan fingerprint density at radius 1 is 1.26 bits per heavy atom. The summed E-state index contributed by atoms with van der Waals surface area (Å²) in [5, 5.41) is 0.675. The molecule has 4 rings (SSSR count). The highest BCUT2D eigenvalue weighted by atomic mass is 32.1. The number of fused-ring (bicyclic) bond motifs is 1. The summed E-state index contributed by atoms with van der Waals surface area (Å²) in [7, 11) is 0. The third-order valence-electron chi connectivity index (χ3n) is 4.80. The molecule has 0 N–H and O–H groups in total. The van der Waals surface area contributed by atoms with Crippen molar-refractivity contribution in [1.82, 2.24) is 14.9 Å². The number of rotatable bonds is 5. The topological polar surface area (TPSA) is 66.4 Å². The van der Waals surface area contributed by atoms with Crippen LogP contribution in [0, 0.1) is 5.92 Å². The van der Waals surface area contributed by atoms with E-state index < -0.39 is 0 Å². The Morgan fingerprint density at radius 2 is 2.04 bits per heavy atom. The SMILES string of the molecule is CCN(Cc1ccncc1)C(=O)C1CC(=O)N(c2nc3ccccc3s2)C1. The van der Waals surface area contributed by atoms with Gasteiger partial charge in [0.1, 0.15) is 0 Å². The molecule has 1 aliphatic heterocycles. The van der Waals surface area contributed by atoms with Crippen molar-refractivity contribution in [2.45, 2.75) is 19.9 Å². The zero-order valence-corrected chi connectivity index (χ0v) is 15.9. The van der Waals surface area contributed by atoms with Crippen LogP contribution in [0.5, 0.6) is 0 Å². The van der Waals surface area contributed by atoms with E-state index in [1.165, 1.54) is 11.3 Å². The van der Waals surface area contributed by atoms with Crippen LogP contribution in [0.1, 0.15) is 18.9 Å². The van der Waals surface area contributed by atoms with E-state index in [9.17, 15) is 9.59 Å². The van der Waals surface area contributed by atoms with Crippen LogP contribution in [-0.4, -0.2) is 39.8 Å². The summed E-state index contributed by atoms with van der Waals surface area (Å²) in [6, 6.07) is 11.6. The minimum atomic E-state index is -0.328. The van der Waals surface area contributed by atoms with Gasteiger partial charge in [0, 0.05) is 38.4 Å². The van der Waals surface area contributed by atoms with Crippen molar-refractivity contribution >= 4 is 38.5 Å². The van der Waals surface area contributed by atoms with E-state index in [-0.39, 0.29) is 24.2 Å². The average Bonchev–Trinajstić information content (AvgIpc) is 3.29. The third-order valence-corrected chi connectivity index (χ3v) is 5.86. The molecular formula is C20H20N4O2S. The summed E-state index contributed by atoms with van der Waals surface area (Å²) in [6.07, 6.45) is 3.69. The monoisotopic (exact) mass is 380 g/mol. The molecule has 27 heavy (non-hydrogen) atoms. The van der Waals surface area contributed by atoms with Crippen LogP contribution >= 0.6 is 11.3 Å². The predicted molar refractivity (Wildman–Crippen MR) is 105 cm³/mol. The zero-order chi connectivity index (χ0) is 18.8. The van der Waals surface area contributed by atoms with E-state index in [1.807, 2.05) is 43.3 Å². The van der Waals surface area contributed by atoms with Gasteiger partial charge in [0.05, 0.1) is 16.1 Å². The second kappa shape index (κ2) is 7.44. The molecule has 138 valence electrons. The Bertz CT molecular complexity index is 939. The molecule has 0 saturated carbocycles. The summed E-state index contributed by atoms with van der Waals surface area (Å²) < 4.78 is 1.04. The Kier molecular flexibility index (Phi) is 4.85. The lowest BCUT2D eigenvalue weighted by atomic mass is 10.1. The van der Waals surface area contributed by atoms with Crippen molar-refractivity contribution in [1.29, 1.82) is 0 Å². The fourth-order valence-corrected chi connectivity index (χ4v) is 4.34. The summed E-state index contributed by atoms with van der Waals surface area (Å²) >= 11 is 1.49. The molecule has 6 nitrogen and oxygen atoms in total. The van der Waals surface area contributed by atoms with Crippen LogP contribution in [0.3, 0.4) is 0 Å². The molecule has 1 aliphatic rings. The summed E-state index contributed by atoms with van der Waals surface area (Å²) in [6.45, 7) is 3.49. The Morgan fingerprint density at radius 3 is 2.78 bits per heavy atom. The van der Waals surface area contributed by atoms with Gasteiger partial charge < -0.3 is 4.90 Å². The first-order chi connectivity index (χ1) is 13.2. The average molecular weight is 380 g/mol. The standard InChI is InChI=1S/C20H20N4O2S/c1-2-23(12-14-7-9-21-10-8-14)19(26)15-11-18(25)24(13-15)20-22-16-5-3-4-6-17(16)27-20/h3-10,15H,2,11-13H2,1H3. The molecule has 0 radical (unpaired) electrons. The molecular weight excluding hydrogens is 360 g/mol. The van der Waals surface area contributed by atoms with Gasteiger partial charge >= 0.3 is 0 Å². The molecule has 1 unspecified atom stereocenters. The van der Waals surface area contributed by atoms with Crippen molar-refractivity contribution in [3.8, 4) is 0 Å². The first kappa shape index (κ1) is 17.6. The van der Waals surface area contributed by atoms with E-state index in [0.717, 1.165) is 15.8 Å². The Labute approximate surface area is 161 Å². The van der Waals surface area contributed by atoms with Crippen LogP contribution in [0.15, 0.2) is 48.8 Å². The lowest BCUT2D eigenvalue weighted by Crippen LogP contribution is -2.37. The van der Waals surface area contributed by atoms with Crippen molar-refractivity contribution in [2.24, 2.45) is 5.92 Å². The van der Waals surface area contributed by atoms with Crippen molar-refractivity contribution in [2.75, 3.05) is 18.0 Å². The van der Waals surface area contributed by atoms with Crippen LogP contribution in [0.25, 0.3) is 10.2 Å². The van der Waals surface area contributed by atoms with Crippen LogP contribution in [-0.2, 0) is 16.1 Å². The number of pyridine rings is 1. The number of benzene rings is 1. The van der Waals surface area contributed by atoms with Crippen molar-refractivity contribution < 1.29 is 9.59 Å². The maximum Gasteiger partial charge on any atom is 0.229 e. The highest BCUT2D eigenvalue weighted by Crippen LogP contribution is 2.33. The molecule has 1 aromatic carbocycles. The van der Waals surface area contributed by atoms with Gasteiger partial charge in [-0.1, -0.05) is 23.5 Å². The first-order valence-corrected chi connectivity index (χ1v) is 9.81. The van der Waals surface area contributed by atoms with Crippen LogP contribution in [0.2, 0.25) is 0 Å². The number of thiazole rings is 1. The van der Waals surface area contributed by atoms with E-state index >= 15 is 0 Å². The van der Waals surface area contributed by atoms with Gasteiger partial charge in [-0.3, -0.25) is 19.5 Å². The number of nitrogens with zero attached hydrogens (tertiary/aromatic N) is 4. The molecule has 2 amide bonds. The molecule has 0 aliphatic carbocycles. The van der Waals surface area contributed by atoms with Gasteiger partial charge in [0.25, 0.3) is 0 Å². The number of aromatic nitrogens is 2. The van der Waals surface area contributed by atoms with E-state index in [2.05, 4.69) is 9.97 Å². The summed E-state index contributed by atoms with van der Waals surface area (Å²) in [5.74, 6) is -0.343. The highest BCUT2D eigenvalue weighted by molar-refractivity contribution is 7.22. The summed E-state index contributed by atoms with van der Waals surface area (Å²) in [4.78, 5) is 37.6. The zero-order valence-electron chi connectivity index (χ0n) is 15.0. The molecule has 1 atom stereocenters. The molecule has 1 saturated heterocycles. The molecule has 2 aromatic heterocycles. The van der Waals surface area contributed by atoms with Crippen LogP contribution in [0.4, 0.5) is 5.13 Å². The van der Waals surface area contributed by atoms with E-state index in [4.69, 9.17) is 0 Å². The van der Waals surface area contributed by atoms with Gasteiger partial charge in [-0.05, 0) is 36.8 Å². The Hall–Kier alpha value is -2.80. The minimum Gasteiger partial charge on any atom is -0.338 e. The molecule has 3 aromatic rings. The second-order valence-electron chi connectivity index (χ2n) is 6.58. The quantitative estimate of drug-likeness (QED) is 0.682. The second-order valence-corrected chi connectivity index (χ2v) is 7.59. The maximum atomic E-state index is 13.0. The number of hydrogen-bond acceptors (Lipinski definition) is 5. The largest absolute Gasteiger partial charge is 0.338 e. The molecule has 0 spiro atoms. The molecule has 0 bridgehead atoms. The molecule has 3 heterocycles. The number of carbonyl (C=O) groups is 2. The van der Waals surface area contributed by atoms with Crippen molar-refractivity contribution in [3.63, 3.8) is 0 Å². The van der Waals surface area contributed by atoms with Gasteiger partial charge in [0.15, 0.2) is 5.13 Å². The minimum absolute atomic E-state index is 0.0197. The van der Waals surface area contributed by atoms with Crippen molar-refractivity contribution in [3.05, 3.63) is 54.4 Å². The normalized spacial score (nSPS) is 16.9. The van der Waals surface area contributed by atoms with Crippen LogP contribution < -0.4 is 4.90 Å². The fourth-order valence-electron chi connectivity index (χ4n) is 3.35. The number of para-hydroxylation sites is 1. The Balaban J connectivity index is 1.49. The molecule has 7 heteroatoms. The predicted octanol–water partition coefficient (Wildman–Crippen LogP) is 3.09. The molecule has 1 fully saturated rings. The summed E-state index contributed by atoms with van der Waals surface area (Å²) in [5.41, 5.74) is 1.92. The maximum absolute atomic E-state index is 13.0. The third kappa shape index (κ3) is 3.55.